The van der Waals surface area contributed by atoms with E-state index in [2.05, 4.69) is 40.1 Å². The van der Waals surface area contributed by atoms with Gasteiger partial charge in [-0.05, 0) is 32.6 Å². The summed E-state index contributed by atoms with van der Waals surface area (Å²) in [7, 11) is 0. The zero-order valence-corrected chi connectivity index (χ0v) is 14.0. The van der Waals surface area contributed by atoms with Crippen LogP contribution in [0.15, 0.2) is 12.4 Å². The standard InChI is InChI=1S/C17H26N4O2/c1-16(2)9-21(10-17(23-16)5-6-22-11-17)15-7-14(19-12-20-15)18-8-13-3-4-13/h7,12-13H,3-6,8-11H2,1-2H3,(H,18,19,20). The van der Waals surface area contributed by atoms with Crippen molar-refractivity contribution >= 4 is 11.6 Å². The topological polar surface area (TPSA) is 59.5 Å². The van der Waals surface area contributed by atoms with Crippen LogP contribution in [0.4, 0.5) is 11.6 Å². The number of hydrogen-bond acceptors (Lipinski definition) is 6. The Morgan fingerprint density at radius 2 is 2.17 bits per heavy atom. The van der Waals surface area contributed by atoms with E-state index in [1.54, 1.807) is 6.33 Å². The second-order valence-electron chi connectivity index (χ2n) is 7.79. The maximum absolute atomic E-state index is 6.37. The zero-order valence-electron chi connectivity index (χ0n) is 14.0. The quantitative estimate of drug-likeness (QED) is 0.917. The van der Waals surface area contributed by atoms with Crippen LogP contribution >= 0.6 is 0 Å². The predicted molar refractivity (Wildman–Crippen MR) is 88.8 cm³/mol. The second-order valence-corrected chi connectivity index (χ2v) is 7.79. The first-order valence-electron chi connectivity index (χ1n) is 8.63. The number of rotatable bonds is 4. The highest BCUT2D eigenvalue weighted by molar-refractivity contribution is 5.49. The Labute approximate surface area is 137 Å². The summed E-state index contributed by atoms with van der Waals surface area (Å²) in [5.74, 6) is 2.72. The Balaban J connectivity index is 1.52. The van der Waals surface area contributed by atoms with E-state index in [9.17, 15) is 0 Å². The van der Waals surface area contributed by atoms with Crippen molar-refractivity contribution in [2.75, 3.05) is 43.1 Å². The summed E-state index contributed by atoms with van der Waals surface area (Å²) in [4.78, 5) is 11.2. The molecule has 126 valence electrons. The average molecular weight is 318 g/mol. The molecule has 2 aliphatic heterocycles. The average Bonchev–Trinajstić information content (AvgIpc) is 3.25. The highest BCUT2D eigenvalue weighted by Gasteiger charge is 2.47. The van der Waals surface area contributed by atoms with E-state index in [1.807, 2.05) is 0 Å². The summed E-state index contributed by atoms with van der Waals surface area (Å²) in [6.07, 6.45) is 5.28. The molecule has 6 nitrogen and oxygen atoms in total. The van der Waals surface area contributed by atoms with Gasteiger partial charge in [-0.2, -0.15) is 0 Å². The summed E-state index contributed by atoms with van der Waals surface area (Å²) in [5.41, 5.74) is -0.410. The summed E-state index contributed by atoms with van der Waals surface area (Å²) < 4.78 is 12.0. The molecule has 23 heavy (non-hydrogen) atoms. The number of hydrogen-bond donors (Lipinski definition) is 1. The minimum atomic E-state index is -0.210. The first-order chi connectivity index (χ1) is 11.0. The molecule has 4 rings (SSSR count). The Morgan fingerprint density at radius 1 is 1.30 bits per heavy atom. The van der Waals surface area contributed by atoms with Gasteiger partial charge < -0.3 is 19.7 Å². The van der Waals surface area contributed by atoms with Crippen molar-refractivity contribution in [3.05, 3.63) is 12.4 Å². The summed E-state index contributed by atoms with van der Waals surface area (Å²) in [5, 5.41) is 3.43. The van der Waals surface area contributed by atoms with Gasteiger partial charge in [-0.1, -0.05) is 0 Å². The molecule has 1 atom stereocenters. The lowest BCUT2D eigenvalue weighted by atomic mass is 9.95. The van der Waals surface area contributed by atoms with Crippen LogP contribution in [-0.4, -0.2) is 54.0 Å². The van der Waals surface area contributed by atoms with Crippen LogP contribution in [0.3, 0.4) is 0 Å². The van der Waals surface area contributed by atoms with Gasteiger partial charge in [0.05, 0.1) is 18.8 Å². The number of morpholine rings is 1. The van der Waals surface area contributed by atoms with E-state index < -0.39 is 0 Å². The van der Waals surface area contributed by atoms with Crippen molar-refractivity contribution < 1.29 is 9.47 Å². The first kappa shape index (κ1) is 15.1. The van der Waals surface area contributed by atoms with Gasteiger partial charge in [0, 0.05) is 32.2 Å². The first-order valence-corrected chi connectivity index (χ1v) is 8.63. The SMILES string of the molecule is CC1(C)CN(c2cc(NCC3CC3)ncn2)CC2(CCOC2)O1. The number of nitrogens with one attached hydrogen (secondary N) is 1. The molecule has 3 aliphatic rings. The van der Waals surface area contributed by atoms with Crippen LogP contribution in [0.25, 0.3) is 0 Å². The molecule has 0 amide bonds. The minimum Gasteiger partial charge on any atom is -0.378 e. The Kier molecular flexibility index (Phi) is 3.69. The number of aromatic nitrogens is 2. The maximum atomic E-state index is 6.37. The van der Waals surface area contributed by atoms with Crippen molar-refractivity contribution in [1.82, 2.24) is 9.97 Å². The highest BCUT2D eigenvalue weighted by Crippen LogP contribution is 2.36. The van der Waals surface area contributed by atoms with Gasteiger partial charge in [0.25, 0.3) is 0 Å². The van der Waals surface area contributed by atoms with Crippen LogP contribution in [0, 0.1) is 5.92 Å². The molecule has 1 spiro atoms. The van der Waals surface area contributed by atoms with Gasteiger partial charge in [0.2, 0.25) is 0 Å². The molecule has 1 aliphatic carbocycles. The van der Waals surface area contributed by atoms with E-state index in [4.69, 9.17) is 9.47 Å². The lowest BCUT2D eigenvalue weighted by Gasteiger charge is -2.48. The monoisotopic (exact) mass is 318 g/mol. The second kappa shape index (κ2) is 5.60. The largest absolute Gasteiger partial charge is 0.378 e. The van der Waals surface area contributed by atoms with E-state index in [0.29, 0.717) is 6.61 Å². The predicted octanol–water partition coefficient (Wildman–Crippen LogP) is 2.07. The Hall–Kier alpha value is -1.40. The summed E-state index contributed by atoms with van der Waals surface area (Å²) in [6.45, 7) is 8.41. The molecule has 1 saturated carbocycles. The third-order valence-electron chi connectivity index (χ3n) is 4.86. The van der Waals surface area contributed by atoms with E-state index in [0.717, 1.165) is 50.2 Å². The third-order valence-corrected chi connectivity index (χ3v) is 4.86. The number of nitrogens with zero attached hydrogens (tertiary/aromatic N) is 3. The van der Waals surface area contributed by atoms with Crippen LogP contribution in [0.5, 0.6) is 0 Å². The smallest absolute Gasteiger partial charge is 0.134 e. The Morgan fingerprint density at radius 3 is 2.91 bits per heavy atom. The molecule has 6 heteroatoms. The molecular weight excluding hydrogens is 292 g/mol. The molecular formula is C17H26N4O2. The van der Waals surface area contributed by atoms with Crippen LogP contribution < -0.4 is 10.2 Å². The van der Waals surface area contributed by atoms with Gasteiger partial charge in [0.1, 0.15) is 23.6 Å². The maximum Gasteiger partial charge on any atom is 0.134 e. The highest BCUT2D eigenvalue weighted by atomic mass is 16.6. The van der Waals surface area contributed by atoms with Crippen molar-refractivity contribution in [1.29, 1.82) is 0 Å². The van der Waals surface area contributed by atoms with Crippen molar-refractivity contribution in [2.45, 2.75) is 44.3 Å². The lowest BCUT2D eigenvalue weighted by molar-refractivity contribution is -0.151. The van der Waals surface area contributed by atoms with E-state index in [-0.39, 0.29) is 11.2 Å². The van der Waals surface area contributed by atoms with Gasteiger partial charge in [0.15, 0.2) is 0 Å². The fourth-order valence-corrected chi connectivity index (χ4v) is 3.66. The lowest BCUT2D eigenvalue weighted by Crippen LogP contribution is -2.60. The number of anilines is 2. The van der Waals surface area contributed by atoms with Crippen molar-refractivity contribution in [3.8, 4) is 0 Å². The van der Waals surface area contributed by atoms with Crippen molar-refractivity contribution in [2.24, 2.45) is 5.92 Å². The zero-order chi connectivity index (χ0) is 15.9. The van der Waals surface area contributed by atoms with Crippen LogP contribution in [-0.2, 0) is 9.47 Å². The van der Waals surface area contributed by atoms with E-state index >= 15 is 0 Å². The molecule has 2 saturated heterocycles. The molecule has 0 bridgehead atoms. The summed E-state index contributed by atoms with van der Waals surface area (Å²) in [6, 6.07) is 2.06. The van der Waals surface area contributed by atoms with Gasteiger partial charge in [-0.25, -0.2) is 9.97 Å². The molecule has 1 N–H and O–H groups in total. The Bertz CT molecular complexity index is 567. The van der Waals surface area contributed by atoms with Gasteiger partial charge >= 0.3 is 0 Å². The fourth-order valence-electron chi connectivity index (χ4n) is 3.66. The molecule has 1 aromatic heterocycles. The molecule has 1 aromatic rings. The minimum absolute atomic E-state index is 0.200. The number of ether oxygens (including phenoxy) is 2. The van der Waals surface area contributed by atoms with Crippen molar-refractivity contribution in [3.63, 3.8) is 0 Å². The van der Waals surface area contributed by atoms with Gasteiger partial charge in [-0.15, -0.1) is 0 Å². The molecule has 3 fully saturated rings. The normalized spacial score (nSPS) is 29.9. The van der Waals surface area contributed by atoms with Crippen LogP contribution in [0.2, 0.25) is 0 Å². The third kappa shape index (κ3) is 3.43. The van der Waals surface area contributed by atoms with E-state index in [1.165, 1.54) is 12.8 Å². The molecule has 0 radical (unpaired) electrons. The fraction of sp³-hybridized carbons (Fsp3) is 0.765. The molecule has 3 heterocycles. The van der Waals surface area contributed by atoms with Gasteiger partial charge in [-0.3, -0.25) is 0 Å². The summed E-state index contributed by atoms with van der Waals surface area (Å²) >= 11 is 0. The molecule has 1 unspecified atom stereocenters. The van der Waals surface area contributed by atoms with Crippen LogP contribution in [0.1, 0.15) is 33.1 Å². The molecule has 0 aromatic carbocycles.